The van der Waals surface area contributed by atoms with Crippen molar-refractivity contribution in [1.29, 1.82) is 0 Å². The van der Waals surface area contributed by atoms with E-state index in [4.69, 9.17) is 5.53 Å². The molecule has 0 amide bonds. The molecule has 0 bridgehead atoms. The van der Waals surface area contributed by atoms with Crippen LogP contribution in [0.5, 0.6) is 0 Å². The largest absolute Gasteiger partial charge is 0.465 e. The lowest BCUT2D eigenvalue weighted by Crippen LogP contribution is -2.03. The zero-order chi connectivity index (χ0) is 14.1. The molecule has 0 N–H and O–H groups in total. The van der Waals surface area contributed by atoms with Crippen LogP contribution >= 0.6 is 11.8 Å². The second-order valence-corrected chi connectivity index (χ2v) is 4.71. The van der Waals surface area contributed by atoms with E-state index in [1.807, 2.05) is 0 Å². The second-order valence-electron chi connectivity index (χ2n) is 3.54. The summed E-state index contributed by atoms with van der Waals surface area (Å²) >= 11 is 1.50. The van der Waals surface area contributed by atoms with Gasteiger partial charge in [0.25, 0.3) is 0 Å². The lowest BCUT2D eigenvalue weighted by atomic mass is 10.2. The monoisotopic (exact) mass is 279 g/mol. The third-order valence-corrected chi connectivity index (χ3v) is 3.25. The standard InChI is InChI=1S/C12H13N3O3S/c1-18-12(17)9-2-4-11(5-3-9)19-7-6-10(16)8-14-15-13/h2-5H,6-8H2,1H3. The summed E-state index contributed by atoms with van der Waals surface area (Å²) in [6, 6.07) is 6.95. The van der Waals surface area contributed by atoms with Gasteiger partial charge in [-0.3, -0.25) is 4.79 Å². The number of ketones is 1. The molecule has 0 atom stereocenters. The molecule has 0 aromatic heterocycles. The van der Waals surface area contributed by atoms with Crippen LogP contribution in [0.3, 0.4) is 0 Å². The van der Waals surface area contributed by atoms with E-state index < -0.39 is 0 Å². The summed E-state index contributed by atoms with van der Waals surface area (Å²) in [5.74, 6) is 0.148. The molecule has 0 aliphatic carbocycles. The maximum absolute atomic E-state index is 11.2. The van der Waals surface area contributed by atoms with Crippen molar-refractivity contribution in [2.75, 3.05) is 19.4 Å². The Morgan fingerprint density at radius 3 is 2.63 bits per heavy atom. The summed E-state index contributed by atoms with van der Waals surface area (Å²) in [6.45, 7) is -0.0989. The molecule has 0 spiro atoms. The minimum Gasteiger partial charge on any atom is -0.465 e. The molecule has 0 unspecified atom stereocenters. The van der Waals surface area contributed by atoms with Crippen LogP contribution in [0.4, 0.5) is 0 Å². The molecule has 19 heavy (non-hydrogen) atoms. The Morgan fingerprint density at radius 2 is 2.05 bits per heavy atom. The molecule has 0 aliphatic rings. The summed E-state index contributed by atoms with van der Waals surface area (Å²) in [6.07, 6.45) is 0.350. The molecule has 7 heteroatoms. The van der Waals surface area contributed by atoms with E-state index in [0.717, 1.165) is 4.90 Å². The van der Waals surface area contributed by atoms with Crippen LogP contribution in [0.1, 0.15) is 16.8 Å². The molecule has 1 rings (SSSR count). The van der Waals surface area contributed by atoms with E-state index in [0.29, 0.717) is 17.7 Å². The minimum atomic E-state index is -0.374. The average Bonchev–Trinajstić information content (AvgIpc) is 2.45. The third kappa shape index (κ3) is 5.46. The molecular weight excluding hydrogens is 266 g/mol. The highest BCUT2D eigenvalue weighted by molar-refractivity contribution is 7.99. The Balaban J connectivity index is 2.40. The van der Waals surface area contributed by atoms with Crippen molar-refractivity contribution in [3.05, 3.63) is 40.3 Å². The van der Waals surface area contributed by atoms with Crippen LogP contribution in [0.25, 0.3) is 10.4 Å². The Labute approximate surface area is 114 Å². The number of carbonyl (C=O) groups is 2. The van der Waals surface area contributed by atoms with E-state index >= 15 is 0 Å². The Bertz CT molecular complexity index is 495. The minimum absolute atomic E-state index is 0.0866. The molecule has 100 valence electrons. The summed E-state index contributed by atoms with van der Waals surface area (Å²) < 4.78 is 4.60. The molecule has 1 aromatic rings. The van der Waals surface area contributed by atoms with Crippen LogP contribution in [-0.2, 0) is 9.53 Å². The smallest absolute Gasteiger partial charge is 0.337 e. The topological polar surface area (TPSA) is 92.1 Å². The van der Waals surface area contributed by atoms with Crippen LogP contribution in [0, 0.1) is 0 Å². The first kappa shape index (κ1) is 15.1. The first-order chi connectivity index (χ1) is 9.17. The quantitative estimate of drug-likeness (QED) is 0.252. The van der Waals surface area contributed by atoms with Crippen molar-refractivity contribution in [3.63, 3.8) is 0 Å². The van der Waals surface area contributed by atoms with Gasteiger partial charge in [-0.25, -0.2) is 4.79 Å². The van der Waals surface area contributed by atoms with E-state index in [-0.39, 0.29) is 18.3 Å². The molecule has 6 nitrogen and oxygen atoms in total. The van der Waals surface area contributed by atoms with Gasteiger partial charge in [0, 0.05) is 22.0 Å². The van der Waals surface area contributed by atoms with Crippen LogP contribution in [-0.4, -0.2) is 31.2 Å². The fourth-order valence-electron chi connectivity index (χ4n) is 1.28. The highest BCUT2D eigenvalue weighted by atomic mass is 32.2. The Morgan fingerprint density at radius 1 is 1.37 bits per heavy atom. The van der Waals surface area contributed by atoms with Gasteiger partial charge in [-0.2, -0.15) is 0 Å². The molecular formula is C12H13N3O3S. The fourth-order valence-corrected chi connectivity index (χ4v) is 2.17. The van der Waals surface area contributed by atoms with Crippen LogP contribution < -0.4 is 0 Å². The van der Waals surface area contributed by atoms with Gasteiger partial charge < -0.3 is 4.74 Å². The lowest BCUT2D eigenvalue weighted by Gasteiger charge is -2.02. The van der Waals surface area contributed by atoms with E-state index in [1.54, 1.807) is 24.3 Å². The molecule has 0 heterocycles. The molecule has 0 saturated carbocycles. The van der Waals surface area contributed by atoms with Crippen molar-refractivity contribution < 1.29 is 14.3 Å². The highest BCUT2D eigenvalue weighted by Gasteiger charge is 2.05. The Hall–Kier alpha value is -1.98. The summed E-state index contributed by atoms with van der Waals surface area (Å²) in [4.78, 5) is 25.9. The van der Waals surface area contributed by atoms with Crippen molar-refractivity contribution in [1.82, 2.24) is 0 Å². The predicted octanol–water partition coefficient (Wildman–Crippen LogP) is 2.83. The first-order valence-corrected chi connectivity index (χ1v) is 6.49. The number of azide groups is 1. The van der Waals surface area contributed by atoms with Gasteiger partial charge in [-0.15, -0.1) is 11.8 Å². The number of Topliss-reactive ketones (excluding diaryl/α,β-unsaturated/α-hetero) is 1. The number of methoxy groups -OCH3 is 1. The molecule has 0 aliphatic heterocycles. The van der Waals surface area contributed by atoms with Crippen molar-refractivity contribution in [3.8, 4) is 0 Å². The highest BCUT2D eigenvalue weighted by Crippen LogP contribution is 2.19. The van der Waals surface area contributed by atoms with Crippen molar-refractivity contribution in [2.24, 2.45) is 5.11 Å². The number of benzene rings is 1. The number of carbonyl (C=O) groups excluding carboxylic acids is 2. The first-order valence-electron chi connectivity index (χ1n) is 5.51. The zero-order valence-corrected chi connectivity index (χ0v) is 11.2. The number of ether oxygens (including phenoxy) is 1. The molecule has 0 radical (unpaired) electrons. The van der Waals surface area contributed by atoms with Crippen LogP contribution in [0.2, 0.25) is 0 Å². The van der Waals surface area contributed by atoms with Gasteiger partial charge >= 0.3 is 5.97 Å². The number of thioether (sulfide) groups is 1. The van der Waals surface area contributed by atoms with E-state index in [1.165, 1.54) is 18.9 Å². The fraction of sp³-hybridized carbons (Fsp3) is 0.333. The summed E-state index contributed by atoms with van der Waals surface area (Å²) in [5.41, 5.74) is 8.56. The number of nitrogens with zero attached hydrogens (tertiary/aromatic N) is 3. The SMILES string of the molecule is COC(=O)c1ccc(SCCC(=O)CN=[N+]=[N-])cc1. The van der Waals surface area contributed by atoms with Gasteiger partial charge in [-0.05, 0) is 29.8 Å². The Kier molecular flexibility index (Phi) is 6.49. The molecule has 0 saturated heterocycles. The number of esters is 1. The summed E-state index contributed by atoms with van der Waals surface area (Å²) in [7, 11) is 1.33. The predicted molar refractivity (Wildman–Crippen MR) is 72.1 cm³/mol. The van der Waals surface area contributed by atoms with Gasteiger partial charge in [0.2, 0.25) is 0 Å². The number of rotatable bonds is 7. The second kappa shape index (κ2) is 8.18. The van der Waals surface area contributed by atoms with Crippen LogP contribution in [0.15, 0.2) is 34.3 Å². The maximum Gasteiger partial charge on any atom is 0.337 e. The van der Waals surface area contributed by atoms with Gasteiger partial charge in [0.1, 0.15) is 5.78 Å². The summed E-state index contributed by atoms with van der Waals surface area (Å²) in [5, 5.41) is 3.21. The van der Waals surface area contributed by atoms with E-state index in [2.05, 4.69) is 14.8 Å². The van der Waals surface area contributed by atoms with Gasteiger partial charge in [0.05, 0.1) is 19.2 Å². The van der Waals surface area contributed by atoms with Gasteiger partial charge in [0.15, 0.2) is 0 Å². The normalized spacial score (nSPS) is 9.53. The van der Waals surface area contributed by atoms with E-state index in [9.17, 15) is 9.59 Å². The molecule has 1 aromatic carbocycles. The van der Waals surface area contributed by atoms with Crippen molar-refractivity contribution in [2.45, 2.75) is 11.3 Å². The maximum atomic E-state index is 11.2. The number of hydrogen-bond acceptors (Lipinski definition) is 5. The molecule has 0 fully saturated rings. The average molecular weight is 279 g/mol. The van der Waals surface area contributed by atoms with Crippen molar-refractivity contribution >= 4 is 23.5 Å². The third-order valence-electron chi connectivity index (χ3n) is 2.24. The lowest BCUT2D eigenvalue weighted by molar-refractivity contribution is -0.117. The zero-order valence-electron chi connectivity index (χ0n) is 10.4. The van der Waals surface area contributed by atoms with Gasteiger partial charge in [-0.1, -0.05) is 5.11 Å². The number of hydrogen-bond donors (Lipinski definition) is 0.